The van der Waals surface area contributed by atoms with Crippen molar-refractivity contribution in [3.63, 3.8) is 0 Å². The van der Waals surface area contributed by atoms with Crippen LogP contribution < -0.4 is 25.4 Å². The fourth-order valence-electron chi connectivity index (χ4n) is 4.28. The molecule has 3 rings (SSSR count). The summed E-state index contributed by atoms with van der Waals surface area (Å²) in [6.07, 6.45) is 2.40. The molecule has 0 spiro atoms. The van der Waals surface area contributed by atoms with Crippen molar-refractivity contribution in [3.8, 4) is 5.75 Å². The van der Waals surface area contributed by atoms with Crippen molar-refractivity contribution in [2.24, 2.45) is 5.92 Å². The SMILES string of the molecule is COc1cc(CC(=O)NC(CC(C)C)c2coc(CC(NS(C)(=O)=O)C(=O)O)n2)ccc1NC(=O)Nc1ccccc1C. The Morgan fingerprint density at radius 1 is 1.07 bits per heavy atom. The van der Waals surface area contributed by atoms with Crippen molar-refractivity contribution in [2.45, 2.75) is 52.1 Å². The number of hydrogen-bond donors (Lipinski definition) is 5. The monoisotopic (exact) mass is 615 g/mol. The molecule has 3 amide bonds. The number of aryl methyl sites for hydroxylation is 1. The number of carbonyl (C=O) groups excluding carboxylic acids is 2. The molecule has 13 nitrogen and oxygen atoms in total. The smallest absolute Gasteiger partial charge is 0.323 e. The average molecular weight is 616 g/mol. The van der Waals surface area contributed by atoms with Crippen molar-refractivity contribution in [3.05, 3.63) is 71.4 Å². The van der Waals surface area contributed by atoms with Crippen LogP contribution in [0.3, 0.4) is 0 Å². The van der Waals surface area contributed by atoms with Crippen LogP contribution in [0.5, 0.6) is 5.75 Å². The van der Waals surface area contributed by atoms with Gasteiger partial charge >= 0.3 is 12.0 Å². The number of amides is 3. The number of carboxylic acids is 1. The highest BCUT2D eigenvalue weighted by molar-refractivity contribution is 7.88. The molecule has 1 heterocycles. The molecule has 2 unspecified atom stereocenters. The number of anilines is 2. The van der Waals surface area contributed by atoms with E-state index in [1.165, 1.54) is 13.4 Å². The van der Waals surface area contributed by atoms with Crippen LogP contribution in [0.2, 0.25) is 0 Å². The third-order valence-corrected chi connectivity index (χ3v) is 6.99. The first-order valence-electron chi connectivity index (χ1n) is 13.5. The fraction of sp³-hybridized carbons (Fsp3) is 0.379. The van der Waals surface area contributed by atoms with Crippen LogP contribution >= 0.6 is 0 Å². The second-order valence-electron chi connectivity index (χ2n) is 10.5. The maximum absolute atomic E-state index is 13.1. The number of carboxylic acid groups (broad SMARTS) is 1. The average Bonchev–Trinajstić information content (AvgIpc) is 3.37. The van der Waals surface area contributed by atoms with Gasteiger partial charge in [-0.3, -0.25) is 9.59 Å². The molecule has 2 aromatic carbocycles. The zero-order valence-electron chi connectivity index (χ0n) is 24.6. The highest BCUT2D eigenvalue weighted by Crippen LogP contribution is 2.27. The summed E-state index contributed by atoms with van der Waals surface area (Å²) in [5, 5.41) is 17.9. The lowest BCUT2D eigenvalue weighted by Crippen LogP contribution is -2.41. The number of methoxy groups -OCH3 is 1. The van der Waals surface area contributed by atoms with E-state index in [0.717, 1.165) is 11.8 Å². The standard InChI is InChI=1S/C29H37N5O8S/c1-17(2)12-22(24-16-42-27(31-24)15-23(28(36)37)34-43(5,39)40)30-26(35)14-19-10-11-21(25(13-19)41-4)33-29(38)32-20-9-7-6-8-18(20)3/h6-11,13,16-17,22-23,34H,12,14-15H2,1-5H3,(H,30,35)(H,36,37)(H2,32,33,38). The molecule has 232 valence electrons. The van der Waals surface area contributed by atoms with Gasteiger partial charge in [0.2, 0.25) is 15.9 Å². The number of nitrogens with zero attached hydrogens (tertiary/aromatic N) is 1. The van der Waals surface area contributed by atoms with Gasteiger partial charge in [0.25, 0.3) is 0 Å². The summed E-state index contributed by atoms with van der Waals surface area (Å²) in [6, 6.07) is 9.97. The molecule has 1 aromatic heterocycles. The van der Waals surface area contributed by atoms with Gasteiger partial charge in [-0.15, -0.1) is 0 Å². The van der Waals surface area contributed by atoms with Crippen molar-refractivity contribution in [1.29, 1.82) is 0 Å². The highest BCUT2D eigenvalue weighted by Gasteiger charge is 2.26. The predicted octanol–water partition coefficient (Wildman–Crippen LogP) is 3.63. The second-order valence-corrected chi connectivity index (χ2v) is 12.3. The van der Waals surface area contributed by atoms with Crippen LogP contribution in [0, 0.1) is 12.8 Å². The van der Waals surface area contributed by atoms with E-state index < -0.39 is 34.1 Å². The van der Waals surface area contributed by atoms with E-state index in [4.69, 9.17) is 9.15 Å². The number of oxazole rings is 1. The summed E-state index contributed by atoms with van der Waals surface area (Å²) in [5.41, 5.74) is 3.04. The van der Waals surface area contributed by atoms with E-state index in [-0.39, 0.29) is 30.6 Å². The van der Waals surface area contributed by atoms with Gasteiger partial charge in [-0.05, 0) is 48.6 Å². The van der Waals surface area contributed by atoms with Crippen LogP contribution in [0.25, 0.3) is 0 Å². The topological polar surface area (TPSA) is 189 Å². The number of rotatable bonds is 14. The van der Waals surface area contributed by atoms with Crippen molar-refractivity contribution < 1.29 is 37.1 Å². The van der Waals surface area contributed by atoms with Gasteiger partial charge in [-0.25, -0.2) is 22.9 Å². The molecular formula is C29H37N5O8S. The number of urea groups is 1. The summed E-state index contributed by atoms with van der Waals surface area (Å²) in [4.78, 5) is 41.4. The minimum Gasteiger partial charge on any atom is -0.495 e. The minimum absolute atomic E-state index is 0.00468. The molecule has 0 fully saturated rings. The number of carbonyl (C=O) groups is 3. The Kier molecular flexibility index (Phi) is 11.3. The van der Waals surface area contributed by atoms with Gasteiger partial charge in [0.15, 0.2) is 5.89 Å². The fourth-order valence-corrected chi connectivity index (χ4v) is 4.99. The van der Waals surface area contributed by atoms with Gasteiger partial charge in [0.05, 0.1) is 37.9 Å². The number of benzene rings is 2. The van der Waals surface area contributed by atoms with Crippen LogP contribution in [0.1, 0.15) is 49.0 Å². The van der Waals surface area contributed by atoms with E-state index in [9.17, 15) is 27.9 Å². The van der Waals surface area contributed by atoms with Gasteiger partial charge in [0, 0.05) is 5.69 Å². The van der Waals surface area contributed by atoms with Gasteiger partial charge in [-0.2, -0.15) is 0 Å². The largest absolute Gasteiger partial charge is 0.495 e. The molecule has 14 heteroatoms. The summed E-state index contributed by atoms with van der Waals surface area (Å²) in [5.74, 6) is -1.12. The maximum Gasteiger partial charge on any atom is 0.323 e. The molecule has 0 bridgehead atoms. The van der Waals surface area contributed by atoms with Crippen molar-refractivity contribution in [2.75, 3.05) is 24.0 Å². The maximum atomic E-state index is 13.1. The number of nitrogens with one attached hydrogen (secondary N) is 4. The van der Waals surface area contributed by atoms with E-state index in [0.29, 0.717) is 34.8 Å². The third-order valence-electron chi connectivity index (χ3n) is 6.27. The quantitative estimate of drug-likeness (QED) is 0.180. The lowest BCUT2D eigenvalue weighted by atomic mass is 10.0. The summed E-state index contributed by atoms with van der Waals surface area (Å²) >= 11 is 0. The highest BCUT2D eigenvalue weighted by atomic mass is 32.2. The zero-order valence-corrected chi connectivity index (χ0v) is 25.4. The second kappa shape index (κ2) is 14.6. The van der Waals surface area contributed by atoms with Crippen LogP contribution in [-0.4, -0.2) is 55.8 Å². The number of ether oxygens (including phenoxy) is 1. The Hall–Kier alpha value is -4.43. The third kappa shape index (κ3) is 10.4. The Morgan fingerprint density at radius 3 is 2.40 bits per heavy atom. The van der Waals surface area contributed by atoms with Crippen LogP contribution in [-0.2, 0) is 32.5 Å². The Labute approximate surface area is 250 Å². The van der Waals surface area contributed by atoms with Crippen molar-refractivity contribution in [1.82, 2.24) is 15.0 Å². The Morgan fingerprint density at radius 2 is 1.77 bits per heavy atom. The first-order chi connectivity index (χ1) is 20.2. The number of para-hydroxylation sites is 1. The molecular weight excluding hydrogens is 578 g/mol. The lowest BCUT2D eigenvalue weighted by molar-refractivity contribution is -0.139. The van der Waals surface area contributed by atoms with Gasteiger partial charge in [-0.1, -0.05) is 38.1 Å². The van der Waals surface area contributed by atoms with Gasteiger partial charge < -0.3 is 30.2 Å². The molecule has 0 aliphatic rings. The lowest BCUT2D eigenvalue weighted by Gasteiger charge is -2.19. The molecule has 0 aliphatic carbocycles. The van der Waals surface area contributed by atoms with E-state index in [1.54, 1.807) is 24.3 Å². The molecule has 3 aromatic rings. The summed E-state index contributed by atoms with van der Waals surface area (Å²) in [6.45, 7) is 5.84. The van der Waals surface area contributed by atoms with Crippen LogP contribution in [0.4, 0.5) is 16.2 Å². The number of hydrogen-bond acceptors (Lipinski definition) is 8. The normalized spacial score (nSPS) is 12.8. The molecule has 0 saturated carbocycles. The number of aromatic nitrogens is 1. The van der Waals surface area contributed by atoms with Crippen LogP contribution in [0.15, 0.2) is 53.1 Å². The van der Waals surface area contributed by atoms with E-state index in [2.05, 4.69) is 20.9 Å². The summed E-state index contributed by atoms with van der Waals surface area (Å²) in [7, 11) is -2.31. The number of aliphatic carboxylic acids is 1. The molecule has 2 atom stereocenters. The first-order valence-corrected chi connectivity index (χ1v) is 15.4. The molecule has 5 N–H and O–H groups in total. The van der Waals surface area contributed by atoms with E-state index in [1.807, 2.05) is 43.7 Å². The summed E-state index contributed by atoms with van der Waals surface area (Å²) < 4.78 is 36.0. The molecule has 0 radical (unpaired) electrons. The molecule has 43 heavy (non-hydrogen) atoms. The molecule has 0 saturated heterocycles. The van der Waals surface area contributed by atoms with E-state index >= 15 is 0 Å². The Balaban J connectivity index is 1.68. The zero-order chi connectivity index (χ0) is 31.7. The number of sulfonamides is 1. The van der Waals surface area contributed by atoms with Crippen molar-refractivity contribution >= 4 is 39.3 Å². The first kappa shape index (κ1) is 33.1. The Bertz CT molecular complexity index is 1550. The predicted molar refractivity (Wildman–Crippen MR) is 160 cm³/mol. The van der Waals surface area contributed by atoms with Gasteiger partial charge in [0.1, 0.15) is 23.7 Å². The minimum atomic E-state index is -3.78. The molecule has 0 aliphatic heterocycles.